The van der Waals surface area contributed by atoms with Crippen molar-refractivity contribution in [3.8, 4) is 28.7 Å². The number of nitrogens with zero attached hydrogens (tertiary/aromatic N) is 5. The van der Waals surface area contributed by atoms with Crippen LogP contribution in [0, 0.1) is 11.3 Å². The number of aromatic nitrogens is 3. The Labute approximate surface area is 209 Å². The van der Waals surface area contributed by atoms with Gasteiger partial charge in [-0.05, 0) is 61.1 Å². The molecule has 0 amide bonds. The first kappa shape index (κ1) is 24.7. The number of aryl methyl sites for hydroxylation is 1. The molecule has 0 aliphatic carbocycles. The van der Waals surface area contributed by atoms with E-state index >= 15 is 0 Å². The number of nitrogens with one attached hydrogen (secondary N) is 1. The van der Waals surface area contributed by atoms with Gasteiger partial charge in [-0.15, -0.1) is 0 Å². The summed E-state index contributed by atoms with van der Waals surface area (Å²) in [7, 11) is 1.64. The van der Waals surface area contributed by atoms with Crippen LogP contribution in [0.2, 0.25) is 0 Å². The van der Waals surface area contributed by atoms with Crippen LogP contribution in [0.15, 0.2) is 59.5 Å². The Hall–Kier alpha value is -4.42. The topological polar surface area (TPSA) is 116 Å². The SMILES string of the molecule is CCN(CC)CCOc1ccc(Nc2ncc3cc(-c4ccc(O)c(C#N)c4)c(=O)n(C)c3n2)cc1. The molecule has 2 aromatic carbocycles. The molecule has 184 valence electrons. The summed E-state index contributed by atoms with van der Waals surface area (Å²) in [4.78, 5) is 24.3. The smallest absolute Gasteiger partial charge is 0.259 e. The maximum absolute atomic E-state index is 13.1. The number of hydrogen-bond acceptors (Lipinski definition) is 8. The molecule has 2 heterocycles. The molecule has 9 nitrogen and oxygen atoms in total. The average molecular weight is 485 g/mol. The highest BCUT2D eigenvalue weighted by Gasteiger charge is 2.13. The third kappa shape index (κ3) is 5.29. The molecule has 0 atom stereocenters. The molecule has 36 heavy (non-hydrogen) atoms. The molecule has 0 unspecified atom stereocenters. The van der Waals surface area contributed by atoms with Gasteiger partial charge in [0.1, 0.15) is 29.8 Å². The Morgan fingerprint density at radius 3 is 2.58 bits per heavy atom. The van der Waals surface area contributed by atoms with E-state index in [4.69, 9.17) is 4.74 Å². The van der Waals surface area contributed by atoms with Gasteiger partial charge in [-0.25, -0.2) is 4.98 Å². The minimum Gasteiger partial charge on any atom is -0.507 e. The first-order chi connectivity index (χ1) is 17.4. The van der Waals surface area contributed by atoms with Gasteiger partial charge in [0, 0.05) is 36.4 Å². The van der Waals surface area contributed by atoms with Gasteiger partial charge in [0.05, 0.1) is 5.56 Å². The summed E-state index contributed by atoms with van der Waals surface area (Å²) in [5.74, 6) is 1.02. The zero-order valence-corrected chi connectivity index (χ0v) is 20.5. The molecular weight excluding hydrogens is 456 g/mol. The maximum atomic E-state index is 13.1. The van der Waals surface area contributed by atoms with Crippen molar-refractivity contribution in [2.75, 3.05) is 31.6 Å². The Bertz CT molecular complexity index is 1470. The van der Waals surface area contributed by atoms with Gasteiger partial charge in [-0.1, -0.05) is 19.9 Å². The molecule has 0 bridgehead atoms. The van der Waals surface area contributed by atoms with Crippen LogP contribution in [0.1, 0.15) is 19.4 Å². The predicted octanol–water partition coefficient (Wildman–Crippen LogP) is 4.04. The third-order valence-electron chi connectivity index (χ3n) is 6.06. The van der Waals surface area contributed by atoms with Crippen molar-refractivity contribution in [1.82, 2.24) is 19.4 Å². The number of ether oxygens (including phenoxy) is 1. The van der Waals surface area contributed by atoms with Crippen LogP contribution in [0.5, 0.6) is 11.5 Å². The lowest BCUT2D eigenvalue weighted by molar-refractivity contribution is 0.223. The molecule has 2 aromatic heterocycles. The number of phenolic OH excluding ortho intramolecular Hbond substituents is 1. The Kier molecular flexibility index (Phi) is 7.47. The Balaban J connectivity index is 1.53. The molecule has 0 aliphatic heterocycles. The standard InChI is InChI=1S/C27H28N6O3/c1-4-33(5-2)12-13-36-22-9-7-21(8-10-22)30-27-29-17-20-15-23(26(35)32(3)25(20)31-27)18-6-11-24(34)19(14-18)16-28/h6-11,14-15,17,34H,4-5,12-13H2,1-3H3,(H,29,30,31). The van der Waals surface area contributed by atoms with Crippen LogP contribution in [0.25, 0.3) is 22.2 Å². The second-order valence-corrected chi connectivity index (χ2v) is 8.26. The number of pyridine rings is 1. The summed E-state index contributed by atoms with van der Waals surface area (Å²) < 4.78 is 7.28. The van der Waals surface area contributed by atoms with Crippen LogP contribution in [-0.4, -0.2) is 50.8 Å². The van der Waals surface area contributed by atoms with Gasteiger partial charge in [0.15, 0.2) is 0 Å². The molecule has 4 rings (SSSR count). The van der Waals surface area contributed by atoms with Crippen LogP contribution >= 0.6 is 0 Å². The zero-order valence-electron chi connectivity index (χ0n) is 20.5. The van der Waals surface area contributed by atoms with E-state index in [-0.39, 0.29) is 16.9 Å². The number of fused-ring (bicyclic) bond motifs is 1. The van der Waals surface area contributed by atoms with E-state index in [0.29, 0.717) is 34.7 Å². The first-order valence-electron chi connectivity index (χ1n) is 11.8. The average Bonchev–Trinajstić information content (AvgIpc) is 2.90. The van der Waals surface area contributed by atoms with E-state index in [9.17, 15) is 15.2 Å². The maximum Gasteiger partial charge on any atom is 0.259 e. The molecule has 0 saturated carbocycles. The van der Waals surface area contributed by atoms with E-state index < -0.39 is 0 Å². The normalized spacial score (nSPS) is 11.0. The quantitative estimate of drug-likeness (QED) is 0.366. The number of phenols is 1. The van der Waals surface area contributed by atoms with Gasteiger partial charge >= 0.3 is 0 Å². The lowest BCUT2D eigenvalue weighted by Crippen LogP contribution is -2.27. The summed E-state index contributed by atoms with van der Waals surface area (Å²) in [6.07, 6.45) is 1.64. The molecule has 4 aromatic rings. The number of aromatic hydroxyl groups is 1. The summed E-state index contributed by atoms with van der Waals surface area (Å²) >= 11 is 0. The van der Waals surface area contributed by atoms with E-state index in [1.807, 2.05) is 30.3 Å². The van der Waals surface area contributed by atoms with Crippen LogP contribution in [-0.2, 0) is 7.05 Å². The second-order valence-electron chi connectivity index (χ2n) is 8.26. The van der Waals surface area contributed by atoms with E-state index in [0.717, 1.165) is 31.1 Å². The van der Waals surface area contributed by atoms with E-state index in [2.05, 4.69) is 34.0 Å². The minimum atomic E-state index is -0.270. The summed E-state index contributed by atoms with van der Waals surface area (Å²) in [5, 5.41) is 22.8. The first-order valence-corrected chi connectivity index (χ1v) is 11.8. The molecule has 0 aliphatic rings. The van der Waals surface area contributed by atoms with Gasteiger partial charge < -0.3 is 20.1 Å². The largest absolute Gasteiger partial charge is 0.507 e. The van der Waals surface area contributed by atoms with Gasteiger partial charge in [0.2, 0.25) is 5.95 Å². The second kappa shape index (κ2) is 10.9. The lowest BCUT2D eigenvalue weighted by atomic mass is 10.0. The number of hydrogen-bond donors (Lipinski definition) is 2. The van der Waals surface area contributed by atoms with E-state index in [1.165, 1.54) is 16.7 Å². The van der Waals surface area contributed by atoms with Crippen LogP contribution in [0.4, 0.5) is 11.6 Å². The molecule has 0 fully saturated rings. The number of rotatable bonds is 9. The van der Waals surface area contributed by atoms with Crippen molar-refractivity contribution in [2.24, 2.45) is 7.05 Å². The van der Waals surface area contributed by atoms with Crippen molar-refractivity contribution < 1.29 is 9.84 Å². The summed E-state index contributed by atoms with van der Waals surface area (Å²) in [6.45, 7) is 7.78. The number of likely N-dealkylation sites (N-methyl/N-ethyl adjacent to an activating group) is 1. The van der Waals surface area contributed by atoms with Gasteiger partial charge in [-0.3, -0.25) is 9.36 Å². The highest BCUT2D eigenvalue weighted by Crippen LogP contribution is 2.26. The van der Waals surface area contributed by atoms with Crippen molar-refractivity contribution >= 4 is 22.7 Å². The van der Waals surface area contributed by atoms with Gasteiger partial charge in [-0.2, -0.15) is 10.2 Å². The fourth-order valence-electron chi connectivity index (χ4n) is 3.90. The molecule has 0 saturated heterocycles. The van der Waals surface area contributed by atoms with E-state index in [1.54, 1.807) is 25.4 Å². The fraction of sp³-hybridized carbons (Fsp3) is 0.259. The molecular formula is C27H28N6O3. The Morgan fingerprint density at radius 2 is 1.89 bits per heavy atom. The fourth-order valence-corrected chi connectivity index (χ4v) is 3.90. The zero-order chi connectivity index (χ0) is 25.7. The van der Waals surface area contributed by atoms with Crippen LogP contribution in [0.3, 0.4) is 0 Å². The summed E-state index contributed by atoms with van der Waals surface area (Å²) in [6, 6.07) is 15.7. The molecule has 2 N–H and O–H groups in total. The molecule has 0 spiro atoms. The minimum absolute atomic E-state index is 0.103. The monoisotopic (exact) mass is 484 g/mol. The summed E-state index contributed by atoms with van der Waals surface area (Å²) in [5.41, 5.74) is 2.02. The van der Waals surface area contributed by atoms with Crippen molar-refractivity contribution in [1.29, 1.82) is 5.26 Å². The number of anilines is 2. The number of benzene rings is 2. The predicted molar refractivity (Wildman–Crippen MR) is 140 cm³/mol. The van der Waals surface area contributed by atoms with Crippen molar-refractivity contribution in [2.45, 2.75) is 13.8 Å². The van der Waals surface area contributed by atoms with Crippen molar-refractivity contribution in [3.05, 3.63) is 70.6 Å². The third-order valence-corrected chi connectivity index (χ3v) is 6.06. The number of nitriles is 1. The van der Waals surface area contributed by atoms with Crippen molar-refractivity contribution in [3.63, 3.8) is 0 Å². The Morgan fingerprint density at radius 1 is 1.14 bits per heavy atom. The molecule has 9 heteroatoms. The lowest BCUT2D eigenvalue weighted by Gasteiger charge is -2.18. The highest BCUT2D eigenvalue weighted by molar-refractivity contribution is 5.82. The molecule has 0 radical (unpaired) electrons. The highest BCUT2D eigenvalue weighted by atomic mass is 16.5. The van der Waals surface area contributed by atoms with Crippen LogP contribution < -0.4 is 15.6 Å². The van der Waals surface area contributed by atoms with Gasteiger partial charge in [0.25, 0.3) is 5.56 Å².